The molecule has 0 unspecified atom stereocenters. The van der Waals surface area contributed by atoms with Crippen molar-refractivity contribution >= 4 is 38.3 Å². The molecular weight excluding hydrogens is 867 g/mol. The first-order valence-electron chi connectivity index (χ1n) is 23.0. The third kappa shape index (κ3) is 8.90. The molecule has 4 aliphatic heterocycles. The lowest BCUT2D eigenvalue weighted by molar-refractivity contribution is -0.386. The molecule has 2 N–H and O–H groups in total. The minimum Gasteiger partial charge on any atom is -0.476 e. The molecule has 2 atom stereocenters. The second kappa shape index (κ2) is 18.1. The minimum atomic E-state index is -4.78. The van der Waals surface area contributed by atoms with E-state index in [1.807, 2.05) is 6.07 Å². The third-order valence-corrected chi connectivity index (χ3v) is 15.4. The van der Waals surface area contributed by atoms with E-state index in [2.05, 4.69) is 67.6 Å². The summed E-state index contributed by atoms with van der Waals surface area (Å²) in [5.41, 5.74) is 3.77. The van der Waals surface area contributed by atoms with Gasteiger partial charge in [-0.25, -0.2) is 9.71 Å². The maximum atomic E-state index is 14.1. The van der Waals surface area contributed by atoms with E-state index in [1.54, 1.807) is 24.4 Å². The van der Waals surface area contributed by atoms with E-state index in [4.69, 9.17) is 23.7 Å². The van der Waals surface area contributed by atoms with E-state index in [-0.39, 0.29) is 41.0 Å². The summed E-state index contributed by atoms with van der Waals surface area (Å²) < 4.78 is 59.4. The third-order valence-electron chi connectivity index (χ3n) is 14.2. The standard InChI is InChI=1S/C48H55N7O10S/c1-30(2)37-5-3-4-6-38(37)41-29-62-20-17-54(41)34-25-48(26-34)12-15-53(16-13-48)33-7-8-39(42(23-33)64-35-22-32-9-14-49-45(32)50-27-35)46(56)52-66(59,60)43-24-40(55(57)58)44-47(51-43)63-28-36(65-44)21-31-10-18-61-19-11-31/h3-9,14,22-24,27,30-31,34,36,41H,10-13,15-21,25-26,28-29H2,1-2H3,(H,49,50)(H,52,56)/t36-,41-/m0/s1. The lowest BCUT2D eigenvalue weighted by atomic mass is 9.59. The molecule has 66 heavy (non-hydrogen) atoms. The van der Waals surface area contributed by atoms with Crippen molar-refractivity contribution in [3.63, 3.8) is 0 Å². The van der Waals surface area contributed by atoms with Crippen LogP contribution in [0.2, 0.25) is 0 Å². The number of carbonyl (C=O) groups excluding carboxylic acids is 1. The number of fused-ring (bicyclic) bond motifs is 2. The molecule has 7 heterocycles. The predicted molar refractivity (Wildman–Crippen MR) is 244 cm³/mol. The molecule has 3 aromatic heterocycles. The van der Waals surface area contributed by atoms with Gasteiger partial charge in [0.25, 0.3) is 27.6 Å². The van der Waals surface area contributed by atoms with E-state index in [1.165, 1.54) is 23.4 Å². The number of morpholine rings is 1. The Morgan fingerprint density at radius 3 is 2.61 bits per heavy atom. The summed E-state index contributed by atoms with van der Waals surface area (Å²) in [6.07, 6.45) is 9.36. The number of anilines is 1. The molecule has 1 saturated carbocycles. The van der Waals surface area contributed by atoms with Crippen LogP contribution in [0.25, 0.3) is 11.0 Å². The number of aromatic amines is 1. The van der Waals surface area contributed by atoms with Crippen LogP contribution in [0.1, 0.15) is 92.2 Å². The van der Waals surface area contributed by atoms with Crippen LogP contribution in [0.4, 0.5) is 11.4 Å². The molecule has 1 spiro atoms. The number of nitrogens with one attached hydrogen (secondary N) is 2. The van der Waals surface area contributed by atoms with Gasteiger partial charge < -0.3 is 33.6 Å². The maximum absolute atomic E-state index is 14.1. The van der Waals surface area contributed by atoms with Crippen molar-refractivity contribution in [1.82, 2.24) is 24.6 Å². The number of aromatic nitrogens is 3. The molecule has 0 bridgehead atoms. The molecule has 2 aromatic carbocycles. The summed E-state index contributed by atoms with van der Waals surface area (Å²) in [6, 6.07) is 19.0. The van der Waals surface area contributed by atoms with Gasteiger partial charge in [0.15, 0.2) is 5.03 Å². The van der Waals surface area contributed by atoms with Crippen molar-refractivity contribution in [3.05, 3.63) is 99.9 Å². The van der Waals surface area contributed by atoms with E-state index in [9.17, 15) is 23.3 Å². The van der Waals surface area contributed by atoms with Gasteiger partial charge in [0, 0.05) is 62.2 Å². The molecule has 0 radical (unpaired) electrons. The Hall–Kier alpha value is -5.82. The number of nitrogens with zero attached hydrogens (tertiary/aromatic N) is 5. The van der Waals surface area contributed by atoms with Gasteiger partial charge in [0.2, 0.25) is 0 Å². The number of ether oxygens (including phenoxy) is 5. The lowest BCUT2D eigenvalue weighted by Gasteiger charge is -2.57. The van der Waals surface area contributed by atoms with Crippen LogP contribution in [0.3, 0.4) is 0 Å². The first-order chi connectivity index (χ1) is 31.9. The Balaban J connectivity index is 0.854. The van der Waals surface area contributed by atoms with Gasteiger partial charge in [-0.1, -0.05) is 38.1 Å². The number of piperidine rings is 1. The summed E-state index contributed by atoms with van der Waals surface area (Å²) in [4.78, 5) is 42.1. The Bertz CT molecular complexity index is 2720. The van der Waals surface area contributed by atoms with E-state index in [0.717, 1.165) is 81.9 Å². The van der Waals surface area contributed by atoms with E-state index >= 15 is 0 Å². The highest BCUT2D eigenvalue weighted by Gasteiger charge is 2.50. The van der Waals surface area contributed by atoms with Gasteiger partial charge >= 0.3 is 5.69 Å². The average molecular weight is 922 g/mol. The highest BCUT2D eigenvalue weighted by Crippen LogP contribution is 2.53. The van der Waals surface area contributed by atoms with Crippen LogP contribution in [0.5, 0.6) is 23.1 Å². The normalized spacial score (nSPS) is 21.5. The molecule has 5 aliphatic rings. The molecule has 10 rings (SSSR count). The van der Waals surface area contributed by atoms with Crippen LogP contribution < -0.4 is 23.8 Å². The summed E-state index contributed by atoms with van der Waals surface area (Å²) in [6.45, 7) is 9.77. The van der Waals surface area contributed by atoms with Crippen LogP contribution in [-0.4, -0.2) is 104 Å². The first kappa shape index (κ1) is 44.0. The second-order valence-electron chi connectivity index (χ2n) is 18.7. The topological polar surface area (TPSA) is 201 Å². The molecule has 1 amide bonds. The Morgan fingerprint density at radius 1 is 1.02 bits per heavy atom. The number of rotatable bonds is 12. The Kier molecular flexibility index (Phi) is 12.1. The van der Waals surface area contributed by atoms with Crippen molar-refractivity contribution in [2.24, 2.45) is 11.3 Å². The van der Waals surface area contributed by atoms with E-state index < -0.39 is 37.7 Å². The van der Waals surface area contributed by atoms with Crippen molar-refractivity contribution < 1.29 is 41.8 Å². The van der Waals surface area contributed by atoms with Crippen LogP contribution in [0, 0.1) is 21.4 Å². The zero-order valence-electron chi connectivity index (χ0n) is 37.1. The van der Waals surface area contributed by atoms with Crippen molar-refractivity contribution in [2.75, 3.05) is 57.6 Å². The van der Waals surface area contributed by atoms with Gasteiger partial charge in [-0.3, -0.25) is 19.8 Å². The smallest absolute Gasteiger partial charge is 0.319 e. The fraction of sp³-hybridized carbons (Fsp3) is 0.479. The fourth-order valence-electron chi connectivity index (χ4n) is 10.6. The monoisotopic (exact) mass is 921 g/mol. The zero-order valence-corrected chi connectivity index (χ0v) is 38.0. The molecule has 18 heteroatoms. The highest BCUT2D eigenvalue weighted by molar-refractivity contribution is 7.90. The zero-order chi connectivity index (χ0) is 45.6. The molecule has 348 valence electrons. The van der Waals surface area contributed by atoms with Gasteiger partial charge in [0.1, 0.15) is 29.9 Å². The number of hydrogen-bond acceptors (Lipinski definition) is 14. The first-order valence-corrected chi connectivity index (χ1v) is 24.5. The average Bonchev–Trinajstić information content (AvgIpc) is 3.79. The number of sulfonamides is 1. The number of H-pyrrole nitrogens is 1. The molecule has 4 fully saturated rings. The number of nitro groups is 1. The quantitative estimate of drug-likeness (QED) is 0.0912. The van der Waals surface area contributed by atoms with Crippen molar-refractivity contribution in [1.29, 1.82) is 0 Å². The number of pyridine rings is 2. The number of carbonyl (C=O) groups is 1. The number of hydrogen-bond donors (Lipinski definition) is 2. The molecule has 3 saturated heterocycles. The summed E-state index contributed by atoms with van der Waals surface area (Å²) in [7, 11) is -4.78. The van der Waals surface area contributed by atoms with Gasteiger partial charge in [-0.05, 0) is 97.6 Å². The van der Waals surface area contributed by atoms with Gasteiger partial charge in [0.05, 0.1) is 42.0 Å². The fourth-order valence-corrected chi connectivity index (χ4v) is 11.5. The van der Waals surface area contributed by atoms with E-state index in [0.29, 0.717) is 55.5 Å². The van der Waals surface area contributed by atoms with Crippen LogP contribution >= 0.6 is 0 Å². The molecular formula is C48H55N7O10S. The summed E-state index contributed by atoms with van der Waals surface area (Å²) in [5.74, 6) is -0.420. The van der Waals surface area contributed by atoms with Gasteiger partial charge in [-0.2, -0.15) is 13.4 Å². The molecule has 17 nitrogen and oxygen atoms in total. The molecule has 1 aliphatic carbocycles. The van der Waals surface area contributed by atoms with Crippen LogP contribution in [0.15, 0.2) is 78.1 Å². The second-order valence-corrected chi connectivity index (χ2v) is 20.3. The lowest BCUT2D eigenvalue weighted by Crippen LogP contribution is -2.58. The number of amides is 1. The summed E-state index contributed by atoms with van der Waals surface area (Å²) in [5, 5.41) is 12.3. The summed E-state index contributed by atoms with van der Waals surface area (Å²) >= 11 is 0. The SMILES string of the molecule is CC(C)c1ccccc1[C@@H]1COCCN1C1CC2(CCN(c3ccc(C(=O)NS(=O)(=O)c4cc([N+](=O)[O-])c5c(n4)OC[C@H](CC4CCOCC4)O5)c(Oc4cnc5[nH]ccc5c4)c3)CC2)C1. The minimum absolute atomic E-state index is 0.0300. The van der Waals surface area contributed by atoms with Crippen molar-refractivity contribution in [2.45, 2.75) is 87.9 Å². The number of benzene rings is 2. The Morgan fingerprint density at radius 2 is 1.82 bits per heavy atom. The van der Waals surface area contributed by atoms with Gasteiger partial charge in [-0.15, -0.1) is 0 Å². The van der Waals surface area contributed by atoms with Crippen LogP contribution in [-0.2, 0) is 19.5 Å². The Labute approximate surface area is 383 Å². The predicted octanol–water partition coefficient (Wildman–Crippen LogP) is 7.68. The van der Waals surface area contributed by atoms with Crippen molar-refractivity contribution in [3.8, 4) is 23.1 Å². The maximum Gasteiger partial charge on any atom is 0.319 e. The molecule has 5 aromatic rings. The highest BCUT2D eigenvalue weighted by atomic mass is 32.2. The largest absolute Gasteiger partial charge is 0.476 e.